The van der Waals surface area contributed by atoms with Gasteiger partial charge in [0.1, 0.15) is 29.1 Å². The zero-order chi connectivity index (χ0) is 45.1. The zero-order valence-corrected chi connectivity index (χ0v) is 35.1. The molecular weight excluding hydrogens is 897 g/mol. The van der Waals surface area contributed by atoms with Crippen molar-refractivity contribution >= 4 is 86.3 Å². The predicted octanol–water partition coefficient (Wildman–Crippen LogP) is 8.50. The minimum Gasteiger partial charge on any atom is -0.339 e. The maximum absolute atomic E-state index is 11.8. The monoisotopic (exact) mass is 922 g/mol. The molecule has 0 aliphatic carbocycles. The summed E-state index contributed by atoms with van der Waals surface area (Å²) in [6.45, 7) is 1.56. The average molecular weight is 923 g/mol. The Kier molecular flexibility index (Phi) is 12.0. The first-order chi connectivity index (χ1) is 29.9. The molecule has 3 heterocycles. The van der Waals surface area contributed by atoms with Crippen LogP contribution in [0.15, 0.2) is 144 Å². The van der Waals surface area contributed by atoms with Gasteiger partial charge in [-0.2, -0.15) is 40.9 Å². The molecule has 0 amide bonds. The lowest BCUT2D eigenvalue weighted by atomic mass is 10.1. The summed E-state index contributed by atoms with van der Waals surface area (Å²) in [5.41, 5.74) is 1.89. The van der Waals surface area contributed by atoms with E-state index in [1.165, 1.54) is 53.3 Å². The topological polar surface area (TPSA) is 328 Å². The zero-order valence-electron chi connectivity index (χ0n) is 31.8. The number of rotatable bonds is 13. The molecule has 0 radical (unpaired) electrons. The first-order valence-electron chi connectivity index (χ1n) is 17.5. The molecule has 4 aromatic carbocycles. The van der Waals surface area contributed by atoms with Gasteiger partial charge in [0, 0.05) is 22.5 Å². The number of hydrogen-bond acceptors (Lipinski definition) is 18. The summed E-state index contributed by atoms with van der Waals surface area (Å²) in [7, 11) is -13.6. The van der Waals surface area contributed by atoms with Crippen LogP contribution in [0, 0.1) is 29.6 Å². The molecule has 7 rings (SSSR count). The largest absolute Gasteiger partial charge is 0.339 e. The van der Waals surface area contributed by atoms with E-state index >= 15 is 0 Å². The van der Waals surface area contributed by atoms with E-state index in [4.69, 9.17) is 0 Å². The summed E-state index contributed by atoms with van der Waals surface area (Å²) in [5, 5.41) is 48.0. The Labute approximate surface area is 361 Å². The van der Waals surface area contributed by atoms with Crippen molar-refractivity contribution in [3.63, 3.8) is 0 Å². The molecule has 0 saturated carbocycles. The van der Waals surface area contributed by atoms with E-state index in [0.29, 0.717) is 11.3 Å². The number of azo groups is 2. The number of nitrogens with one attached hydrogen (secondary N) is 2. The molecule has 0 unspecified atom stereocenters. The molecule has 0 aliphatic heterocycles. The van der Waals surface area contributed by atoms with Gasteiger partial charge >= 0.3 is 0 Å². The highest BCUT2D eigenvalue weighted by atomic mass is 32.2. The van der Waals surface area contributed by atoms with Gasteiger partial charge in [0.2, 0.25) is 5.13 Å². The first kappa shape index (κ1) is 43.5. The molecule has 0 aliphatic rings. The minimum absolute atomic E-state index is 0.000661. The predicted molar refractivity (Wildman–Crippen MR) is 227 cm³/mol. The second kappa shape index (κ2) is 17.4. The van der Waals surface area contributed by atoms with Crippen molar-refractivity contribution in [2.75, 3.05) is 10.6 Å². The Bertz CT molecular complexity index is 3400. The lowest BCUT2D eigenvalue weighted by molar-refractivity contribution is 0.481. The van der Waals surface area contributed by atoms with Gasteiger partial charge in [-0.15, -0.1) is 20.5 Å². The van der Waals surface area contributed by atoms with E-state index in [2.05, 4.69) is 52.2 Å². The van der Waals surface area contributed by atoms with Crippen LogP contribution < -0.4 is 10.6 Å². The van der Waals surface area contributed by atoms with Gasteiger partial charge in [-0.3, -0.25) is 13.7 Å². The Morgan fingerprint density at radius 2 is 1.27 bits per heavy atom. The van der Waals surface area contributed by atoms with Crippen LogP contribution in [0.2, 0.25) is 0 Å². The number of benzene rings is 4. The summed E-state index contributed by atoms with van der Waals surface area (Å²) in [6.07, 6.45) is 1.21. The Morgan fingerprint density at radius 1 is 0.667 bits per heavy atom. The van der Waals surface area contributed by atoms with Gasteiger partial charge in [0.15, 0.2) is 22.5 Å². The standard InChI is InChI=1S/C38H26N12O9S4/c1-22-31(20-40)34(42-25-10-14-28(15-11-25)61(51,52)53)45-35(43-26-12-16-29(17-13-26)62(54,55)56)32(22)46-49-38-44-33(23-6-3-2-4-7-23)37(60-38)48-47-36-24(19-39)21-41-50(36)27-8-5-9-30(18-27)63(57,58)59/h2-18,21H,1H3,(H2,42,43,45)(H,51,52,53)(H,54,55,56)(H,57,58,59)/b48-47-,49-46?. The van der Waals surface area contributed by atoms with Crippen LogP contribution in [0.4, 0.5) is 44.6 Å². The van der Waals surface area contributed by atoms with E-state index in [-0.39, 0.29) is 76.8 Å². The van der Waals surface area contributed by atoms with Gasteiger partial charge in [0.25, 0.3) is 30.4 Å². The van der Waals surface area contributed by atoms with Crippen molar-refractivity contribution < 1.29 is 38.9 Å². The van der Waals surface area contributed by atoms with Gasteiger partial charge in [-0.25, -0.2) is 14.6 Å². The molecule has 21 nitrogen and oxygen atoms in total. The molecule has 5 N–H and O–H groups in total. The SMILES string of the molecule is Cc1c(C#N)c(Nc2ccc(S(=O)(=O)O)cc2)nc(Nc2ccc(S(=O)(=O)O)cc2)c1N=Nc1nc(-c2ccccc2)c(/N=N\c2c(C#N)cnn2-c2cccc(S(=O)(=O)O)c2)s1. The number of nitriles is 2. The van der Waals surface area contributed by atoms with Gasteiger partial charge < -0.3 is 10.6 Å². The smallest absolute Gasteiger partial charge is 0.294 e. The molecular formula is C38H26N12O9S4. The van der Waals surface area contributed by atoms with Crippen molar-refractivity contribution in [3.8, 4) is 29.1 Å². The minimum atomic E-state index is -4.58. The maximum Gasteiger partial charge on any atom is 0.294 e. The highest BCUT2D eigenvalue weighted by molar-refractivity contribution is 7.86. The quantitative estimate of drug-likeness (QED) is 0.0534. The van der Waals surface area contributed by atoms with E-state index in [0.717, 1.165) is 41.7 Å². The fourth-order valence-electron chi connectivity index (χ4n) is 5.69. The lowest BCUT2D eigenvalue weighted by Gasteiger charge is -2.16. The molecule has 3 aromatic heterocycles. The summed E-state index contributed by atoms with van der Waals surface area (Å²) < 4.78 is 99.9. The Morgan fingerprint density at radius 3 is 1.84 bits per heavy atom. The van der Waals surface area contributed by atoms with E-state index in [1.54, 1.807) is 37.3 Å². The first-order valence-corrected chi connectivity index (χ1v) is 22.7. The third kappa shape index (κ3) is 9.80. The fraction of sp³-hybridized carbons (Fsp3) is 0.0263. The Balaban J connectivity index is 1.31. The number of aromatic nitrogens is 4. The normalized spacial score (nSPS) is 12.0. The average Bonchev–Trinajstić information content (AvgIpc) is 3.86. The number of nitrogens with zero attached hydrogens (tertiary/aromatic N) is 10. The summed E-state index contributed by atoms with van der Waals surface area (Å²) in [5.74, 6) is -0.0775. The molecule has 7 aromatic rings. The molecule has 63 heavy (non-hydrogen) atoms. The molecule has 25 heteroatoms. The van der Waals surface area contributed by atoms with Crippen LogP contribution >= 0.6 is 11.3 Å². The Hall–Kier alpha value is -7.62. The number of anilines is 4. The van der Waals surface area contributed by atoms with Crippen LogP contribution in [-0.2, 0) is 30.4 Å². The second-order valence-corrected chi connectivity index (χ2v) is 18.0. The van der Waals surface area contributed by atoms with Crippen LogP contribution in [0.3, 0.4) is 0 Å². The lowest BCUT2D eigenvalue weighted by Crippen LogP contribution is -2.05. The third-order valence-corrected chi connectivity index (χ3v) is 12.1. The number of pyridine rings is 1. The summed E-state index contributed by atoms with van der Waals surface area (Å²) in [6, 6.07) is 28.0. The number of thiazole rings is 1. The van der Waals surface area contributed by atoms with Gasteiger partial charge in [-0.05, 0) is 73.7 Å². The van der Waals surface area contributed by atoms with Crippen molar-refractivity contribution in [2.45, 2.75) is 21.6 Å². The van der Waals surface area contributed by atoms with Crippen molar-refractivity contribution in [1.82, 2.24) is 19.7 Å². The van der Waals surface area contributed by atoms with E-state index < -0.39 is 35.2 Å². The molecule has 0 spiro atoms. The molecule has 0 atom stereocenters. The van der Waals surface area contributed by atoms with Crippen LogP contribution in [0.5, 0.6) is 0 Å². The highest BCUT2D eigenvalue weighted by Gasteiger charge is 2.21. The molecule has 0 saturated heterocycles. The maximum atomic E-state index is 11.8. The number of hydrogen-bond donors (Lipinski definition) is 5. The van der Waals surface area contributed by atoms with Crippen molar-refractivity contribution in [2.24, 2.45) is 20.5 Å². The van der Waals surface area contributed by atoms with Gasteiger partial charge in [-0.1, -0.05) is 47.7 Å². The van der Waals surface area contributed by atoms with Crippen molar-refractivity contribution in [1.29, 1.82) is 10.5 Å². The van der Waals surface area contributed by atoms with E-state index in [1.807, 2.05) is 6.07 Å². The third-order valence-electron chi connectivity index (χ3n) is 8.70. The van der Waals surface area contributed by atoms with Crippen molar-refractivity contribution in [3.05, 3.63) is 126 Å². The van der Waals surface area contributed by atoms with Crippen LogP contribution in [0.25, 0.3) is 16.9 Å². The summed E-state index contributed by atoms with van der Waals surface area (Å²) >= 11 is 0.937. The van der Waals surface area contributed by atoms with Crippen LogP contribution in [0.1, 0.15) is 16.7 Å². The fourth-order valence-corrected chi connectivity index (χ4v) is 7.90. The summed E-state index contributed by atoms with van der Waals surface area (Å²) in [4.78, 5) is 8.06. The van der Waals surface area contributed by atoms with Gasteiger partial charge in [0.05, 0.1) is 32.1 Å². The van der Waals surface area contributed by atoms with Crippen LogP contribution in [-0.4, -0.2) is 58.7 Å². The highest BCUT2D eigenvalue weighted by Crippen LogP contribution is 2.43. The van der Waals surface area contributed by atoms with E-state index in [9.17, 15) is 49.4 Å². The molecule has 316 valence electrons. The second-order valence-electron chi connectivity index (χ2n) is 12.8. The molecule has 0 bridgehead atoms. The molecule has 0 fully saturated rings.